The fourth-order valence-electron chi connectivity index (χ4n) is 4.62. The Hall–Kier alpha value is -1.31. The lowest BCUT2D eigenvalue weighted by Crippen LogP contribution is -2.53. The largest absolute Gasteiger partial charge is 0.573 e. The Morgan fingerprint density at radius 2 is 2.04 bits per heavy atom. The predicted octanol–water partition coefficient (Wildman–Crippen LogP) is 4.05. The molecule has 7 heteroatoms. The molecule has 1 saturated heterocycles. The fourth-order valence-corrected chi connectivity index (χ4v) is 4.62. The highest BCUT2D eigenvalue weighted by Gasteiger charge is 2.40. The van der Waals surface area contributed by atoms with Crippen LogP contribution < -0.4 is 10.1 Å². The highest BCUT2D eigenvalue weighted by molar-refractivity contribution is 5.33. The van der Waals surface area contributed by atoms with Gasteiger partial charge in [-0.15, -0.1) is 13.2 Å². The Kier molecular flexibility index (Phi) is 6.89. The molecule has 3 rings (SSSR count). The van der Waals surface area contributed by atoms with Crippen LogP contribution in [0.1, 0.15) is 56.9 Å². The summed E-state index contributed by atoms with van der Waals surface area (Å²) in [5.41, 5.74) is -0.167. The summed E-state index contributed by atoms with van der Waals surface area (Å²) in [5, 5.41) is 14.9. The van der Waals surface area contributed by atoms with Crippen molar-refractivity contribution in [1.29, 1.82) is 0 Å². The first-order chi connectivity index (χ1) is 13.3. The summed E-state index contributed by atoms with van der Waals surface area (Å²) in [6, 6.07) is 6.58. The first-order valence-corrected chi connectivity index (χ1v) is 10.3. The van der Waals surface area contributed by atoms with E-state index in [-0.39, 0.29) is 11.7 Å². The van der Waals surface area contributed by atoms with E-state index in [1.165, 1.54) is 12.1 Å². The molecule has 4 nitrogen and oxygen atoms in total. The number of nitrogens with zero attached hydrogens (tertiary/aromatic N) is 1. The van der Waals surface area contributed by atoms with Crippen molar-refractivity contribution < 1.29 is 23.0 Å². The molecular formula is C21H31F3N2O2. The van der Waals surface area contributed by atoms with Crippen molar-refractivity contribution in [2.24, 2.45) is 0 Å². The van der Waals surface area contributed by atoms with Gasteiger partial charge in [0, 0.05) is 38.1 Å². The van der Waals surface area contributed by atoms with Crippen molar-refractivity contribution in [2.45, 2.75) is 69.4 Å². The van der Waals surface area contributed by atoms with Crippen LogP contribution in [0, 0.1) is 0 Å². The van der Waals surface area contributed by atoms with Crippen LogP contribution in [0.5, 0.6) is 5.75 Å². The number of hydrogen-bond donors (Lipinski definition) is 2. The predicted molar refractivity (Wildman–Crippen MR) is 102 cm³/mol. The zero-order chi connectivity index (χ0) is 20.2. The number of halogens is 3. The molecule has 2 N–H and O–H groups in total. The number of aliphatic hydroxyl groups is 1. The highest BCUT2D eigenvalue weighted by Crippen LogP contribution is 2.41. The van der Waals surface area contributed by atoms with Crippen LogP contribution in [0.15, 0.2) is 24.3 Å². The summed E-state index contributed by atoms with van der Waals surface area (Å²) < 4.78 is 42.1. The van der Waals surface area contributed by atoms with Crippen LogP contribution in [-0.4, -0.2) is 54.2 Å². The number of piperazine rings is 1. The van der Waals surface area contributed by atoms with Gasteiger partial charge in [-0.1, -0.05) is 38.3 Å². The summed E-state index contributed by atoms with van der Waals surface area (Å²) >= 11 is 0. The number of alkyl halides is 3. The lowest BCUT2D eigenvalue weighted by Gasteiger charge is -2.43. The number of ether oxygens (including phenoxy) is 1. The second kappa shape index (κ2) is 9.01. The van der Waals surface area contributed by atoms with Crippen molar-refractivity contribution in [3.63, 3.8) is 0 Å². The average Bonchev–Trinajstić information content (AvgIpc) is 2.65. The topological polar surface area (TPSA) is 44.7 Å². The first-order valence-electron chi connectivity index (χ1n) is 10.3. The first kappa shape index (κ1) is 21.4. The molecule has 1 aliphatic carbocycles. The fraction of sp³-hybridized carbons (Fsp3) is 0.714. The molecule has 1 aromatic carbocycles. The van der Waals surface area contributed by atoms with Gasteiger partial charge >= 0.3 is 6.36 Å². The van der Waals surface area contributed by atoms with Crippen LogP contribution in [0.25, 0.3) is 0 Å². The number of hydrogen-bond acceptors (Lipinski definition) is 4. The van der Waals surface area contributed by atoms with E-state index in [1.54, 1.807) is 6.07 Å². The number of nitrogens with one attached hydrogen (secondary N) is 1. The Morgan fingerprint density at radius 1 is 1.29 bits per heavy atom. The summed E-state index contributed by atoms with van der Waals surface area (Å²) in [4.78, 5) is 2.33. The molecule has 0 bridgehead atoms. The van der Waals surface area contributed by atoms with Crippen molar-refractivity contribution in [1.82, 2.24) is 10.2 Å². The van der Waals surface area contributed by atoms with Crippen LogP contribution >= 0.6 is 0 Å². The van der Waals surface area contributed by atoms with E-state index in [9.17, 15) is 18.3 Å². The second-order valence-electron chi connectivity index (χ2n) is 8.16. The van der Waals surface area contributed by atoms with Gasteiger partial charge < -0.3 is 15.2 Å². The molecule has 0 radical (unpaired) electrons. The van der Waals surface area contributed by atoms with E-state index in [0.717, 1.165) is 50.9 Å². The second-order valence-corrected chi connectivity index (χ2v) is 8.16. The maximum atomic E-state index is 12.7. The Bertz CT molecular complexity index is 632. The molecule has 2 atom stereocenters. The van der Waals surface area contributed by atoms with Gasteiger partial charge in [0.2, 0.25) is 0 Å². The molecule has 0 spiro atoms. The van der Waals surface area contributed by atoms with E-state index in [4.69, 9.17) is 0 Å². The van der Waals surface area contributed by atoms with Gasteiger partial charge in [-0.3, -0.25) is 4.90 Å². The summed E-state index contributed by atoms with van der Waals surface area (Å²) in [6.45, 7) is 5.44. The average molecular weight is 400 g/mol. The van der Waals surface area contributed by atoms with Gasteiger partial charge in [0.25, 0.3) is 0 Å². The molecule has 0 amide bonds. The van der Waals surface area contributed by atoms with Crippen LogP contribution in [0.2, 0.25) is 0 Å². The van der Waals surface area contributed by atoms with Crippen LogP contribution in [-0.2, 0) is 0 Å². The van der Waals surface area contributed by atoms with Crippen LogP contribution in [0.4, 0.5) is 13.2 Å². The van der Waals surface area contributed by atoms with Crippen molar-refractivity contribution in [2.75, 3.05) is 26.2 Å². The SMILES string of the molecule is CCC1CN(CC(c2cccc(OC(F)(F)F)c2)C2(O)CCCCC2)CCN1. The molecule has 1 aliphatic heterocycles. The zero-order valence-electron chi connectivity index (χ0n) is 16.5. The monoisotopic (exact) mass is 400 g/mol. The minimum absolute atomic E-state index is 0.221. The zero-order valence-corrected chi connectivity index (χ0v) is 16.5. The quantitative estimate of drug-likeness (QED) is 0.756. The van der Waals surface area contributed by atoms with E-state index in [2.05, 4.69) is 21.9 Å². The summed E-state index contributed by atoms with van der Waals surface area (Å²) in [6.07, 6.45) is 0.674. The van der Waals surface area contributed by atoms with Gasteiger partial charge in [-0.25, -0.2) is 0 Å². The molecule has 1 heterocycles. The molecule has 1 aromatic rings. The Morgan fingerprint density at radius 3 is 2.71 bits per heavy atom. The third-order valence-corrected chi connectivity index (χ3v) is 6.14. The highest BCUT2D eigenvalue weighted by atomic mass is 19.4. The van der Waals surface area contributed by atoms with Crippen molar-refractivity contribution >= 4 is 0 Å². The lowest BCUT2D eigenvalue weighted by atomic mass is 9.72. The molecular weight excluding hydrogens is 369 g/mol. The minimum Gasteiger partial charge on any atom is -0.406 e. The third kappa shape index (κ3) is 5.61. The summed E-state index contributed by atoms with van der Waals surface area (Å²) in [5.74, 6) is -0.457. The third-order valence-electron chi connectivity index (χ3n) is 6.14. The standard InChI is InChI=1S/C21H31F3N2O2/c1-2-17-14-26(12-11-25-17)15-19(20(27)9-4-3-5-10-20)16-7-6-8-18(13-16)28-21(22,23)24/h6-8,13,17,19,25,27H,2-5,9-12,14-15H2,1H3. The van der Waals surface area contributed by atoms with Gasteiger partial charge in [0.15, 0.2) is 0 Å². The summed E-state index contributed by atoms with van der Waals surface area (Å²) in [7, 11) is 0. The Labute approximate surface area is 165 Å². The molecule has 2 aliphatic rings. The van der Waals surface area contributed by atoms with E-state index >= 15 is 0 Å². The van der Waals surface area contributed by atoms with Gasteiger partial charge in [0.05, 0.1) is 5.60 Å². The number of rotatable bonds is 6. The lowest BCUT2D eigenvalue weighted by molar-refractivity contribution is -0.274. The van der Waals surface area contributed by atoms with Crippen LogP contribution in [0.3, 0.4) is 0 Å². The Balaban J connectivity index is 1.85. The molecule has 1 saturated carbocycles. The van der Waals surface area contributed by atoms with Gasteiger partial charge in [-0.05, 0) is 37.0 Å². The molecule has 2 fully saturated rings. The molecule has 0 aromatic heterocycles. The maximum absolute atomic E-state index is 12.7. The molecule has 28 heavy (non-hydrogen) atoms. The van der Waals surface area contributed by atoms with Crippen molar-refractivity contribution in [3.05, 3.63) is 29.8 Å². The van der Waals surface area contributed by atoms with E-state index < -0.39 is 12.0 Å². The normalized spacial score (nSPS) is 24.7. The van der Waals surface area contributed by atoms with E-state index in [0.29, 0.717) is 25.4 Å². The minimum atomic E-state index is -4.72. The molecule has 158 valence electrons. The van der Waals surface area contributed by atoms with Crippen molar-refractivity contribution in [3.8, 4) is 5.75 Å². The van der Waals surface area contributed by atoms with Gasteiger partial charge in [-0.2, -0.15) is 0 Å². The molecule has 2 unspecified atom stereocenters. The number of benzene rings is 1. The smallest absolute Gasteiger partial charge is 0.406 e. The maximum Gasteiger partial charge on any atom is 0.573 e. The van der Waals surface area contributed by atoms with E-state index in [1.807, 2.05) is 6.07 Å². The van der Waals surface area contributed by atoms with Gasteiger partial charge in [0.1, 0.15) is 5.75 Å².